The maximum Gasteiger partial charge on any atom is 0.505 e. The molecule has 0 saturated heterocycles. The molecule has 4 rings (SSSR count). The lowest BCUT2D eigenvalue weighted by Crippen LogP contribution is -2.46. The zero-order valence-corrected chi connectivity index (χ0v) is 15.5. The first kappa shape index (κ1) is 17.2. The smallest absolute Gasteiger partial charge is 0.450 e. The highest BCUT2D eigenvalue weighted by Crippen LogP contribution is 2.65. The lowest BCUT2D eigenvalue weighted by molar-refractivity contribution is -0.0258. The number of ether oxygens (including phenoxy) is 1. The van der Waals surface area contributed by atoms with E-state index in [-0.39, 0.29) is 0 Å². The van der Waals surface area contributed by atoms with Crippen molar-refractivity contribution in [1.29, 1.82) is 0 Å². The second-order valence-corrected chi connectivity index (χ2v) is 9.15. The molecular weight excluding hydrogens is 312 g/mol. The van der Waals surface area contributed by atoms with Crippen molar-refractivity contribution < 1.29 is 14.6 Å². The van der Waals surface area contributed by atoms with Gasteiger partial charge >= 0.3 is 6.16 Å². The largest absolute Gasteiger partial charge is 0.505 e. The van der Waals surface area contributed by atoms with Crippen LogP contribution in [-0.2, 0) is 4.74 Å². The van der Waals surface area contributed by atoms with Gasteiger partial charge in [0.2, 0.25) is 0 Å². The van der Waals surface area contributed by atoms with Gasteiger partial charge in [0.1, 0.15) is 0 Å². The Morgan fingerprint density at radius 2 is 2.20 bits per heavy atom. The van der Waals surface area contributed by atoms with Crippen LogP contribution >= 0.6 is 0 Å². The Hall–Kier alpha value is -1.25. The standard InChI is InChI=1S/C22H32O3/c1-14-13-20-18-8-7-15-5-3-4-6-16(15)17(18)9-11-22(20,2)19(14)10-12-25-21(23)24/h5,16-20H,1,3-4,6-13H2,2H3,(H,23,24)/t16-,17+,18+,19+,20-,22+/m0/s1. The molecule has 4 aliphatic carbocycles. The van der Waals surface area contributed by atoms with Crippen LogP contribution in [0.3, 0.4) is 0 Å². The van der Waals surface area contributed by atoms with E-state index in [1.807, 2.05) is 0 Å². The molecule has 3 heteroatoms. The molecule has 0 unspecified atom stereocenters. The van der Waals surface area contributed by atoms with Crippen LogP contribution in [0, 0.1) is 35.0 Å². The predicted molar refractivity (Wildman–Crippen MR) is 98.3 cm³/mol. The van der Waals surface area contributed by atoms with Crippen LogP contribution < -0.4 is 0 Å². The van der Waals surface area contributed by atoms with Gasteiger partial charge in [-0.1, -0.05) is 30.7 Å². The average molecular weight is 344 g/mol. The number of allylic oxidation sites excluding steroid dienone is 3. The third-order valence-electron chi connectivity index (χ3n) is 8.22. The first-order valence-corrected chi connectivity index (χ1v) is 10.2. The van der Waals surface area contributed by atoms with E-state index in [0.717, 1.165) is 36.5 Å². The minimum Gasteiger partial charge on any atom is -0.450 e. The molecule has 6 atom stereocenters. The molecule has 138 valence electrons. The Labute approximate surface area is 151 Å². The molecule has 0 aliphatic heterocycles. The van der Waals surface area contributed by atoms with Crippen LogP contribution in [0.15, 0.2) is 23.8 Å². The van der Waals surface area contributed by atoms with Crippen LogP contribution in [0.25, 0.3) is 0 Å². The Balaban J connectivity index is 1.52. The van der Waals surface area contributed by atoms with Gasteiger partial charge in [-0.3, -0.25) is 0 Å². The van der Waals surface area contributed by atoms with Crippen molar-refractivity contribution in [3.63, 3.8) is 0 Å². The van der Waals surface area contributed by atoms with Gasteiger partial charge in [-0.25, -0.2) is 4.79 Å². The highest BCUT2D eigenvalue weighted by atomic mass is 16.7. The van der Waals surface area contributed by atoms with Crippen LogP contribution in [0.4, 0.5) is 4.79 Å². The van der Waals surface area contributed by atoms with E-state index in [2.05, 4.69) is 19.6 Å². The monoisotopic (exact) mass is 344 g/mol. The summed E-state index contributed by atoms with van der Waals surface area (Å²) in [5, 5.41) is 8.76. The summed E-state index contributed by atoms with van der Waals surface area (Å²) in [6.45, 7) is 7.18. The Morgan fingerprint density at radius 3 is 3.00 bits per heavy atom. The molecule has 1 N–H and O–H groups in total. The first-order valence-electron chi connectivity index (χ1n) is 10.2. The van der Waals surface area contributed by atoms with Crippen molar-refractivity contribution >= 4 is 6.16 Å². The summed E-state index contributed by atoms with van der Waals surface area (Å²) in [6.07, 6.45) is 12.8. The van der Waals surface area contributed by atoms with E-state index in [1.54, 1.807) is 5.57 Å². The van der Waals surface area contributed by atoms with E-state index in [4.69, 9.17) is 9.84 Å². The van der Waals surface area contributed by atoms with Crippen molar-refractivity contribution in [3.05, 3.63) is 23.8 Å². The van der Waals surface area contributed by atoms with Gasteiger partial charge in [0.25, 0.3) is 0 Å². The maximum atomic E-state index is 10.7. The second-order valence-electron chi connectivity index (χ2n) is 9.15. The maximum absolute atomic E-state index is 10.7. The van der Waals surface area contributed by atoms with E-state index < -0.39 is 6.16 Å². The highest BCUT2D eigenvalue weighted by Gasteiger charge is 2.56. The highest BCUT2D eigenvalue weighted by molar-refractivity contribution is 5.56. The lowest BCUT2D eigenvalue weighted by Gasteiger charge is -2.54. The molecule has 0 aromatic heterocycles. The molecule has 0 aromatic rings. The molecule has 25 heavy (non-hydrogen) atoms. The number of hydrogen-bond acceptors (Lipinski definition) is 2. The summed E-state index contributed by atoms with van der Waals surface area (Å²) >= 11 is 0. The number of carboxylic acid groups (broad SMARTS) is 1. The van der Waals surface area contributed by atoms with Gasteiger partial charge in [0.15, 0.2) is 0 Å². The summed E-state index contributed by atoms with van der Waals surface area (Å²) < 4.78 is 4.82. The van der Waals surface area contributed by atoms with Crippen LogP contribution in [0.5, 0.6) is 0 Å². The number of rotatable bonds is 3. The molecule has 0 aromatic carbocycles. The minimum atomic E-state index is -1.15. The third kappa shape index (κ3) is 2.84. The molecule has 0 spiro atoms. The fourth-order valence-corrected chi connectivity index (χ4v) is 7.16. The van der Waals surface area contributed by atoms with E-state index in [9.17, 15) is 4.79 Å². The molecule has 0 bridgehead atoms. The van der Waals surface area contributed by atoms with Gasteiger partial charge < -0.3 is 9.84 Å². The fraction of sp³-hybridized carbons (Fsp3) is 0.773. The lowest BCUT2D eigenvalue weighted by atomic mass is 9.51. The minimum absolute atomic E-state index is 0.302. The third-order valence-corrected chi connectivity index (χ3v) is 8.22. The average Bonchev–Trinajstić information content (AvgIpc) is 2.85. The summed E-state index contributed by atoms with van der Waals surface area (Å²) in [5.41, 5.74) is 3.43. The molecule has 0 heterocycles. The number of fused-ring (bicyclic) bond motifs is 5. The Kier molecular flexibility index (Phi) is 4.45. The predicted octanol–water partition coefficient (Wildman–Crippen LogP) is 5.82. The molecule has 4 aliphatic rings. The molecule has 3 saturated carbocycles. The van der Waals surface area contributed by atoms with E-state index >= 15 is 0 Å². The fourth-order valence-electron chi connectivity index (χ4n) is 7.16. The van der Waals surface area contributed by atoms with Crippen molar-refractivity contribution in [1.82, 2.24) is 0 Å². The number of hydrogen-bond donors (Lipinski definition) is 1. The van der Waals surface area contributed by atoms with Crippen LogP contribution in [-0.4, -0.2) is 17.9 Å². The first-order chi connectivity index (χ1) is 12.0. The summed E-state index contributed by atoms with van der Waals surface area (Å²) in [4.78, 5) is 10.7. The molecule has 0 amide bonds. The molecular formula is C22H32O3. The summed E-state index contributed by atoms with van der Waals surface area (Å²) in [5.74, 6) is 3.78. The van der Waals surface area contributed by atoms with Crippen molar-refractivity contribution in [2.24, 2.45) is 35.0 Å². The topological polar surface area (TPSA) is 46.5 Å². The van der Waals surface area contributed by atoms with Gasteiger partial charge in [-0.2, -0.15) is 0 Å². The van der Waals surface area contributed by atoms with Gasteiger partial charge in [0.05, 0.1) is 6.61 Å². The quantitative estimate of drug-likeness (QED) is 0.518. The normalized spacial score (nSPS) is 42.8. The van der Waals surface area contributed by atoms with Gasteiger partial charge in [-0.05, 0) is 92.8 Å². The summed E-state index contributed by atoms with van der Waals surface area (Å²) in [7, 11) is 0. The van der Waals surface area contributed by atoms with Crippen molar-refractivity contribution in [3.8, 4) is 0 Å². The zero-order valence-electron chi connectivity index (χ0n) is 15.5. The number of carbonyl (C=O) groups is 1. The van der Waals surface area contributed by atoms with Crippen molar-refractivity contribution in [2.45, 2.75) is 64.7 Å². The SMILES string of the molecule is C=C1C[C@H]2[C@@H]3CCC4=CCCC[C@@H]4[C@H]3CC[C@]2(C)[C@@H]1CCOC(=O)O. The van der Waals surface area contributed by atoms with Crippen LogP contribution in [0.2, 0.25) is 0 Å². The van der Waals surface area contributed by atoms with Crippen LogP contribution in [0.1, 0.15) is 64.7 Å². The summed E-state index contributed by atoms with van der Waals surface area (Å²) in [6, 6.07) is 0. The Bertz CT molecular complexity index is 592. The Morgan fingerprint density at radius 1 is 1.36 bits per heavy atom. The zero-order chi connectivity index (χ0) is 17.6. The van der Waals surface area contributed by atoms with E-state index in [1.165, 1.54) is 50.5 Å². The molecule has 3 nitrogen and oxygen atoms in total. The second kappa shape index (κ2) is 6.48. The molecule has 0 radical (unpaired) electrons. The van der Waals surface area contributed by atoms with E-state index in [0.29, 0.717) is 17.9 Å². The molecule has 3 fully saturated rings. The van der Waals surface area contributed by atoms with Crippen molar-refractivity contribution in [2.75, 3.05) is 6.61 Å². The van der Waals surface area contributed by atoms with Gasteiger partial charge in [-0.15, -0.1) is 0 Å². The van der Waals surface area contributed by atoms with Gasteiger partial charge in [0, 0.05) is 0 Å².